The number of hydrogen-bond acceptors (Lipinski definition) is 7. The van der Waals surface area contributed by atoms with Gasteiger partial charge in [0.2, 0.25) is 5.91 Å². The van der Waals surface area contributed by atoms with E-state index in [2.05, 4.69) is 15.5 Å². The molecular formula is C29H40ClN3O6. The van der Waals surface area contributed by atoms with Gasteiger partial charge in [0.15, 0.2) is 0 Å². The Morgan fingerprint density at radius 2 is 1.77 bits per heavy atom. The number of β-amino-alcohol motifs (C(OH)–C–C–N with tert-alkyl or cyclic N) is 1. The lowest BCUT2D eigenvalue weighted by molar-refractivity contribution is -0.116. The van der Waals surface area contributed by atoms with E-state index in [0.717, 1.165) is 37.1 Å². The molecule has 0 aromatic heterocycles. The smallest absolute Gasteiger partial charge is 0.407 e. The third kappa shape index (κ3) is 9.30. The van der Waals surface area contributed by atoms with Crippen LogP contribution in [0.3, 0.4) is 0 Å². The molecule has 1 saturated heterocycles. The van der Waals surface area contributed by atoms with E-state index in [-0.39, 0.29) is 37.1 Å². The number of carbonyl (C=O) groups excluding carboxylic acids is 2. The van der Waals surface area contributed by atoms with E-state index in [1.807, 2.05) is 50.2 Å². The first kappa shape index (κ1) is 30.5. The average Bonchev–Trinajstić information content (AvgIpc) is 2.91. The maximum atomic E-state index is 12.1. The van der Waals surface area contributed by atoms with Crippen molar-refractivity contribution in [3.8, 4) is 11.5 Å². The summed E-state index contributed by atoms with van der Waals surface area (Å²) in [6.07, 6.45) is 1.52. The van der Waals surface area contributed by atoms with Crippen LogP contribution in [0, 0.1) is 5.92 Å². The van der Waals surface area contributed by atoms with E-state index in [0.29, 0.717) is 55.7 Å². The van der Waals surface area contributed by atoms with Crippen molar-refractivity contribution in [3.05, 3.63) is 53.6 Å². The summed E-state index contributed by atoms with van der Waals surface area (Å²) in [4.78, 5) is 26.2. The average molecular weight is 562 g/mol. The topological polar surface area (TPSA) is 109 Å². The molecule has 0 spiro atoms. The number of aliphatic hydroxyl groups is 1. The van der Waals surface area contributed by atoms with Gasteiger partial charge in [0, 0.05) is 37.7 Å². The van der Waals surface area contributed by atoms with Crippen LogP contribution in [0.15, 0.2) is 42.5 Å². The lowest BCUT2D eigenvalue weighted by Gasteiger charge is -2.33. The van der Waals surface area contributed by atoms with E-state index in [4.69, 9.17) is 14.2 Å². The number of anilines is 1. The molecule has 2 aliphatic heterocycles. The summed E-state index contributed by atoms with van der Waals surface area (Å²) >= 11 is 0. The van der Waals surface area contributed by atoms with Gasteiger partial charge in [-0.3, -0.25) is 4.79 Å². The van der Waals surface area contributed by atoms with Crippen molar-refractivity contribution >= 4 is 30.1 Å². The van der Waals surface area contributed by atoms with Crippen molar-refractivity contribution in [2.75, 3.05) is 38.2 Å². The highest BCUT2D eigenvalue weighted by Crippen LogP contribution is 2.39. The number of fused-ring (bicyclic) bond motifs is 1. The van der Waals surface area contributed by atoms with Gasteiger partial charge in [0.25, 0.3) is 0 Å². The van der Waals surface area contributed by atoms with Gasteiger partial charge >= 0.3 is 6.09 Å². The number of nitrogens with one attached hydrogen (secondary N) is 2. The number of halogens is 1. The molecule has 2 aromatic rings. The summed E-state index contributed by atoms with van der Waals surface area (Å²) in [6.45, 7) is 7.01. The highest BCUT2D eigenvalue weighted by molar-refractivity contribution is 5.96. The molecule has 2 amide bonds. The van der Waals surface area contributed by atoms with Gasteiger partial charge in [-0.05, 0) is 42.9 Å². The van der Waals surface area contributed by atoms with E-state index in [1.54, 1.807) is 6.07 Å². The number of nitrogens with zero attached hydrogens (tertiary/aromatic N) is 1. The largest absolute Gasteiger partial charge is 0.490 e. The number of ether oxygens (including phenoxy) is 3. The van der Waals surface area contributed by atoms with Gasteiger partial charge in [-0.1, -0.05) is 44.2 Å². The summed E-state index contributed by atoms with van der Waals surface area (Å²) in [5.41, 5.74) is 2.57. The first-order valence-electron chi connectivity index (χ1n) is 13.5. The van der Waals surface area contributed by atoms with Crippen molar-refractivity contribution in [1.82, 2.24) is 10.2 Å². The number of piperidine rings is 1. The van der Waals surface area contributed by atoms with Crippen molar-refractivity contribution in [2.45, 2.75) is 58.3 Å². The number of alkyl carbamates (subject to hydrolysis) is 1. The fraction of sp³-hybridized carbons (Fsp3) is 0.517. The first-order valence-corrected chi connectivity index (χ1v) is 13.5. The fourth-order valence-electron chi connectivity index (χ4n) is 4.67. The number of aliphatic hydroxyl groups excluding tert-OH is 1. The maximum Gasteiger partial charge on any atom is 0.407 e. The molecule has 9 nitrogen and oxygen atoms in total. The van der Waals surface area contributed by atoms with Crippen LogP contribution in [-0.2, 0) is 22.6 Å². The number of benzene rings is 2. The molecule has 0 bridgehead atoms. The van der Waals surface area contributed by atoms with E-state index in [9.17, 15) is 14.7 Å². The van der Waals surface area contributed by atoms with Crippen LogP contribution < -0.4 is 20.1 Å². The normalized spacial score (nSPS) is 16.5. The van der Waals surface area contributed by atoms with Gasteiger partial charge in [-0.15, -0.1) is 12.4 Å². The van der Waals surface area contributed by atoms with Crippen LogP contribution in [0.1, 0.15) is 44.2 Å². The van der Waals surface area contributed by atoms with E-state index >= 15 is 0 Å². The summed E-state index contributed by atoms with van der Waals surface area (Å²) in [5, 5.41) is 16.5. The Kier molecular flexibility index (Phi) is 11.7. The Hall–Kier alpha value is -3.01. The Labute approximate surface area is 236 Å². The maximum absolute atomic E-state index is 12.1. The molecule has 0 aliphatic carbocycles. The summed E-state index contributed by atoms with van der Waals surface area (Å²) < 4.78 is 17.2. The second-order valence-electron chi connectivity index (χ2n) is 10.4. The molecule has 0 saturated carbocycles. The standard InChI is InChI=1S/C29H39N3O6.ClH/c1-20(2)17-38-29(35)30-22-12-14-32(15-13-22)16-23(33)19-37-25-9-10-26(28-24(25)8-11-27(34)31-28)36-18-21-6-4-3-5-7-21;/h3-7,9-10,20,22-23,33H,8,11-19H2,1-2H3,(H,30,35)(H,31,34);1H. The number of hydrogen-bond donors (Lipinski definition) is 3. The summed E-state index contributed by atoms with van der Waals surface area (Å²) in [7, 11) is 0. The van der Waals surface area contributed by atoms with Crippen LogP contribution in [0.4, 0.5) is 10.5 Å². The van der Waals surface area contributed by atoms with Gasteiger partial charge < -0.3 is 34.9 Å². The third-order valence-corrected chi connectivity index (χ3v) is 6.69. The Bertz CT molecular complexity index is 1080. The second-order valence-corrected chi connectivity index (χ2v) is 10.4. The highest BCUT2D eigenvalue weighted by atomic mass is 35.5. The van der Waals surface area contributed by atoms with Crippen LogP contribution in [0.2, 0.25) is 0 Å². The first-order chi connectivity index (χ1) is 18.4. The Balaban J connectivity index is 0.00000420. The number of amides is 2. The lowest BCUT2D eigenvalue weighted by atomic mass is 10.0. The number of likely N-dealkylation sites (tertiary alicyclic amines) is 1. The number of rotatable bonds is 11. The molecule has 1 atom stereocenters. The quantitative estimate of drug-likeness (QED) is 0.378. The molecule has 4 rings (SSSR count). The zero-order valence-corrected chi connectivity index (χ0v) is 23.5. The highest BCUT2D eigenvalue weighted by Gasteiger charge is 2.25. The molecule has 1 unspecified atom stereocenters. The van der Waals surface area contributed by atoms with Crippen LogP contribution in [-0.4, -0.2) is 67.0 Å². The van der Waals surface area contributed by atoms with Gasteiger partial charge in [-0.25, -0.2) is 4.79 Å². The zero-order chi connectivity index (χ0) is 26.9. The van der Waals surface area contributed by atoms with Crippen molar-refractivity contribution in [3.63, 3.8) is 0 Å². The minimum atomic E-state index is -0.668. The summed E-state index contributed by atoms with van der Waals surface area (Å²) in [5.74, 6) is 1.51. The second kappa shape index (κ2) is 15.0. The minimum absolute atomic E-state index is 0. The van der Waals surface area contributed by atoms with Gasteiger partial charge in [-0.2, -0.15) is 0 Å². The fourth-order valence-corrected chi connectivity index (χ4v) is 4.67. The monoisotopic (exact) mass is 561 g/mol. The molecule has 1 fully saturated rings. The van der Waals surface area contributed by atoms with Crippen LogP contribution >= 0.6 is 12.4 Å². The molecular weight excluding hydrogens is 522 g/mol. The van der Waals surface area contributed by atoms with Crippen LogP contribution in [0.5, 0.6) is 11.5 Å². The molecule has 39 heavy (non-hydrogen) atoms. The predicted octanol–water partition coefficient (Wildman–Crippen LogP) is 4.16. The van der Waals surface area contributed by atoms with Gasteiger partial charge in [0.1, 0.15) is 30.8 Å². The molecule has 2 aliphatic rings. The Morgan fingerprint density at radius 1 is 1.05 bits per heavy atom. The molecule has 10 heteroatoms. The predicted molar refractivity (Wildman–Crippen MR) is 152 cm³/mol. The van der Waals surface area contributed by atoms with Gasteiger partial charge in [0.05, 0.1) is 12.3 Å². The van der Waals surface area contributed by atoms with E-state index in [1.165, 1.54) is 0 Å². The SMILES string of the molecule is CC(C)COC(=O)NC1CCN(CC(O)COc2ccc(OCc3ccccc3)c3c2CCC(=O)N3)CC1.Cl. The van der Waals surface area contributed by atoms with Crippen LogP contribution in [0.25, 0.3) is 0 Å². The molecule has 2 heterocycles. The number of carbonyl (C=O) groups is 2. The third-order valence-electron chi connectivity index (χ3n) is 6.69. The van der Waals surface area contributed by atoms with E-state index < -0.39 is 6.10 Å². The Morgan fingerprint density at radius 3 is 2.49 bits per heavy atom. The van der Waals surface area contributed by atoms with Crippen molar-refractivity contribution in [1.29, 1.82) is 0 Å². The summed E-state index contributed by atoms with van der Waals surface area (Å²) in [6, 6.07) is 13.6. The lowest BCUT2D eigenvalue weighted by Crippen LogP contribution is -2.47. The molecule has 214 valence electrons. The zero-order valence-electron chi connectivity index (χ0n) is 22.7. The molecule has 3 N–H and O–H groups in total. The van der Waals surface area contributed by atoms with Crippen molar-refractivity contribution < 1.29 is 28.9 Å². The van der Waals surface area contributed by atoms with Crippen molar-refractivity contribution in [2.24, 2.45) is 5.92 Å². The minimum Gasteiger partial charge on any atom is -0.490 e. The molecule has 0 radical (unpaired) electrons. The molecule has 2 aromatic carbocycles.